The Balaban J connectivity index is 1.34. The van der Waals surface area contributed by atoms with Gasteiger partial charge < -0.3 is 9.64 Å². The van der Waals surface area contributed by atoms with Crippen molar-refractivity contribution in [1.29, 1.82) is 0 Å². The molecule has 0 spiro atoms. The number of halogens is 1. The number of benzene rings is 2. The average Bonchev–Trinajstić information content (AvgIpc) is 2.73. The van der Waals surface area contributed by atoms with Gasteiger partial charge in [-0.25, -0.2) is 0 Å². The summed E-state index contributed by atoms with van der Waals surface area (Å²) in [4.78, 5) is 28.3. The van der Waals surface area contributed by atoms with E-state index in [2.05, 4.69) is 39.7 Å². The molecule has 2 aromatic carbocycles. The van der Waals surface area contributed by atoms with Crippen LogP contribution in [0.4, 0.5) is 5.69 Å². The fourth-order valence-electron chi connectivity index (χ4n) is 3.16. The van der Waals surface area contributed by atoms with E-state index >= 15 is 0 Å². The number of para-hydroxylation sites is 1. The molecule has 154 valence electrons. The molecule has 0 saturated carbocycles. The molecule has 1 fully saturated rings. The Hall–Kier alpha value is -2.77. The number of carbonyl (C=O) groups excluding carboxylic acids is 2. The molecule has 0 radical (unpaired) electrons. The van der Waals surface area contributed by atoms with Crippen LogP contribution in [0.1, 0.15) is 5.56 Å². The van der Waals surface area contributed by atoms with Crippen molar-refractivity contribution >= 4 is 29.1 Å². The van der Waals surface area contributed by atoms with Gasteiger partial charge in [0.25, 0.3) is 11.8 Å². The van der Waals surface area contributed by atoms with Crippen LogP contribution in [0.3, 0.4) is 0 Å². The molecule has 7 nitrogen and oxygen atoms in total. The molecule has 2 aromatic rings. The molecule has 1 aliphatic heterocycles. The highest BCUT2D eigenvalue weighted by atomic mass is 35.5. The van der Waals surface area contributed by atoms with E-state index < -0.39 is 5.91 Å². The number of rotatable bonds is 6. The van der Waals surface area contributed by atoms with E-state index in [0.29, 0.717) is 10.8 Å². The van der Waals surface area contributed by atoms with Crippen LogP contribution in [0, 0.1) is 6.92 Å². The molecule has 1 aliphatic rings. The number of piperazine rings is 1. The largest absolute Gasteiger partial charge is 0.484 e. The van der Waals surface area contributed by atoms with Crippen molar-refractivity contribution in [2.45, 2.75) is 6.92 Å². The number of hydrogen-bond acceptors (Lipinski definition) is 5. The molecule has 8 heteroatoms. The topological polar surface area (TPSA) is 73.9 Å². The van der Waals surface area contributed by atoms with Crippen molar-refractivity contribution in [1.82, 2.24) is 15.8 Å². The zero-order valence-electron chi connectivity index (χ0n) is 16.4. The first-order valence-electron chi connectivity index (χ1n) is 9.50. The van der Waals surface area contributed by atoms with Gasteiger partial charge in [-0.15, -0.1) is 0 Å². The first kappa shape index (κ1) is 21.0. The van der Waals surface area contributed by atoms with Crippen LogP contribution in [0.2, 0.25) is 5.02 Å². The molecule has 0 aliphatic carbocycles. The van der Waals surface area contributed by atoms with E-state index in [4.69, 9.17) is 16.3 Å². The summed E-state index contributed by atoms with van der Waals surface area (Å²) in [5.41, 5.74) is 7.29. The van der Waals surface area contributed by atoms with E-state index in [1.807, 2.05) is 12.1 Å². The lowest BCUT2D eigenvalue weighted by Gasteiger charge is -2.36. The van der Waals surface area contributed by atoms with Crippen molar-refractivity contribution in [3.8, 4) is 5.75 Å². The highest BCUT2D eigenvalue weighted by Gasteiger charge is 2.20. The lowest BCUT2D eigenvalue weighted by molar-refractivity contribution is -0.130. The fraction of sp³-hybridized carbons (Fsp3) is 0.333. The Morgan fingerprint density at radius 1 is 0.966 bits per heavy atom. The molecule has 1 heterocycles. The SMILES string of the molecule is Cc1ccccc1N1CCN(CC(=O)NNC(=O)COc2ccc(Cl)cc2)CC1. The number of aryl methyl sites for hydroxylation is 1. The summed E-state index contributed by atoms with van der Waals surface area (Å²) in [7, 11) is 0. The van der Waals surface area contributed by atoms with Crippen LogP contribution >= 0.6 is 11.6 Å². The van der Waals surface area contributed by atoms with Crippen LogP contribution in [-0.4, -0.2) is 56.0 Å². The standard InChI is InChI=1S/C21H25ClN4O3/c1-16-4-2-3-5-19(16)26-12-10-25(11-13-26)14-20(27)23-24-21(28)15-29-18-8-6-17(22)7-9-18/h2-9H,10-15H2,1H3,(H,23,27)(H,24,28). The van der Waals surface area contributed by atoms with Gasteiger partial charge in [-0.2, -0.15) is 0 Å². The quantitative estimate of drug-likeness (QED) is 0.704. The number of ether oxygens (including phenoxy) is 1. The Labute approximate surface area is 175 Å². The molecule has 0 bridgehead atoms. The molecule has 2 amide bonds. The van der Waals surface area contributed by atoms with Gasteiger partial charge in [0.15, 0.2) is 6.61 Å². The highest BCUT2D eigenvalue weighted by Crippen LogP contribution is 2.20. The smallest absolute Gasteiger partial charge is 0.276 e. The number of anilines is 1. The van der Waals surface area contributed by atoms with Crippen molar-refractivity contribution < 1.29 is 14.3 Å². The first-order valence-corrected chi connectivity index (χ1v) is 9.88. The number of carbonyl (C=O) groups is 2. The average molecular weight is 417 g/mol. The summed E-state index contributed by atoms with van der Waals surface area (Å²) >= 11 is 5.80. The summed E-state index contributed by atoms with van der Waals surface area (Å²) in [6.07, 6.45) is 0. The monoisotopic (exact) mass is 416 g/mol. The summed E-state index contributed by atoms with van der Waals surface area (Å²) in [6.45, 7) is 5.44. The van der Waals surface area contributed by atoms with E-state index in [1.54, 1.807) is 24.3 Å². The zero-order chi connectivity index (χ0) is 20.6. The maximum atomic E-state index is 12.1. The van der Waals surface area contributed by atoms with Crippen LogP contribution in [0.15, 0.2) is 48.5 Å². The number of hydrazine groups is 1. The molecule has 0 aromatic heterocycles. The maximum Gasteiger partial charge on any atom is 0.276 e. The molecule has 3 rings (SSSR count). The fourth-order valence-corrected chi connectivity index (χ4v) is 3.29. The lowest BCUT2D eigenvalue weighted by atomic mass is 10.1. The highest BCUT2D eigenvalue weighted by molar-refractivity contribution is 6.30. The van der Waals surface area contributed by atoms with Gasteiger partial charge in [-0.3, -0.25) is 25.3 Å². The van der Waals surface area contributed by atoms with Crippen LogP contribution in [0.5, 0.6) is 5.75 Å². The van der Waals surface area contributed by atoms with Gasteiger partial charge >= 0.3 is 0 Å². The maximum absolute atomic E-state index is 12.1. The third-order valence-corrected chi connectivity index (χ3v) is 4.97. The first-order chi connectivity index (χ1) is 14.0. The minimum absolute atomic E-state index is 0.197. The Kier molecular flexibility index (Phi) is 7.32. The normalized spacial score (nSPS) is 14.3. The summed E-state index contributed by atoms with van der Waals surface area (Å²) in [5, 5.41) is 0.591. The van der Waals surface area contributed by atoms with Crippen LogP contribution in [-0.2, 0) is 9.59 Å². The summed E-state index contributed by atoms with van der Waals surface area (Å²) < 4.78 is 5.33. The minimum Gasteiger partial charge on any atom is -0.484 e. The number of nitrogens with one attached hydrogen (secondary N) is 2. The predicted molar refractivity (Wildman–Crippen MR) is 113 cm³/mol. The second kappa shape index (κ2) is 10.1. The molecular formula is C21H25ClN4O3. The van der Waals surface area contributed by atoms with Crippen LogP contribution in [0.25, 0.3) is 0 Å². The Morgan fingerprint density at radius 3 is 2.31 bits per heavy atom. The Bertz CT molecular complexity index is 836. The summed E-state index contributed by atoms with van der Waals surface area (Å²) in [5.74, 6) is -0.158. The van der Waals surface area contributed by atoms with E-state index in [9.17, 15) is 9.59 Å². The van der Waals surface area contributed by atoms with Gasteiger partial charge in [-0.05, 0) is 42.8 Å². The second-order valence-electron chi connectivity index (χ2n) is 6.89. The van der Waals surface area contributed by atoms with E-state index in [-0.39, 0.29) is 19.1 Å². The third-order valence-electron chi connectivity index (χ3n) is 4.72. The molecule has 1 saturated heterocycles. The van der Waals surface area contributed by atoms with E-state index in [1.165, 1.54) is 11.3 Å². The predicted octanol–water partition coefficient (Wildman–Crippen LogP) is 2.00. The Morgan fingerprint density at radius 2 is 1.62 bits per heavy atom. The van der Waals surface area contributed by atoms with Crippen LogP contribution < -0.4 is 20.5 Å². The molecule has 2 N–H and O–H groups in total. The molecule has 0 unspecified atom stereocenters. The lowest BCUT2D eigenvalue weighted by Crippen LogP contribution is -2.52. The van der Waals surface area contributed by atoms with E-state index in [0.717, 1.165) is 26.2 Å². The van der Waals surface area contributed by atoms with Crippen molar-refractivity contribution in [2.24, 2.45) is 0 Å². The minimum atomic E-state index is -0.433. The number of amides is 2. The van der Waals surface area contributed by atoms with Gasteiger partial charge in [0.2, 0.25) is 0 Å². The molecule has 29 heavy (non-hydrogen) atoms. The van der Waals surface area contributed by atoms with Crippen molar-refractivity contribution in [2.75, 3.05) is 44.2 Å². The van der Waals surface area contributed by atoms with Gasteiger partial charge in [0.1, 0.15) is 5.75 Å². The summed E-state index contributed by atoms with van der Waals surface area (Å²) in [6, 6.07) is 15.0. The van der Waals surface area contributed by atoms with Gasteiger partial charge in [-0.1, -0.05) is 29.8 Å². The second-order valence-corrected chi connectivity index (χ2v) is 7.33. The van der Waals surface area contributed by atoms with Gasteiger partial charge in [0.05, 0.1) is 6.54 Å². The number of hydrogen-bond donors (Lipinski definition) is 2. The molecular weight excluding hydrogens is 392 g/mol. The van der Waals surface area contributed by atoms with Gasteiger partial charge in [0, 0.05) is 36.9 Å². The molecule has 0 atom stereocenters. The third kappa shape index (κ3) is 6.37. The number of nitrogens with zero attached hydrogens (tertiary/aromatic N) is 2. The van der Waals surface area contributed by atoms with Crippen molar-refractivity contribution in [3.63, 3.8) is 0 Å². The zero-order valence-corrected chi connectivity index (χ0v) is 17.1. The van der Waals surface area contributed by atoms with Crippen molar-refractivity contribution in [3.05, 3.63) is 59.1 Å².